The fourth-order valence-corrected chi connectivity index (χ4v) is 6.67. The Morgan fingerprint density at radius 3 is 1.86 bits per heavy atom. The van der Waals surface area contributed by atoms with Crippen LogP contribution in [-0.4, -0.2) is 8.07 Å². The van der Waals surface area contributed by atoms with E-state index in [0.717, 1.165) is 5.92 Å². The molecule has 0 aliphatic heterocycles. The zero-order valence-corrected chi connectivity index (χ0v) is 11.4. The van der Waals surface area contributed by atoms with Gasteiger partial charge in [-0.2, -0.15) is 0 Å². The quantitative estimate of drug-likeness (QED) is 0.539. The summed E-state index contributed by atoms with van der Waals surface area (Å²) >= 11 is 0. The highest BCUT2D eigenvalue weighted by molar-refractivity contribution is 6.79. The van der Waals surface area contributed by atoms with Crippen LogP contribution in [0.2, 0.25) is 24.2 Å². The van der Waals surface area contributed by atoms with Crippen LogP contribution >= 0.6 is 0 Å². The third kappa shape index (κ3) is 3.11. The lowest BCUT2D eigenvalue weighted by Gasteiger charge is -2.29. The smallest absolute Gasteiger partial charge is 0.0527 e. The minimum atomic E-state index is -0.785. The molecule has 0 radical (unpaired) electrons. The van der Waals surface area contributed by atoms with Gasteiger partial charge in [0.05, 0.1) is 8.07 Å². The highest BCUT2D eigenvalue weighted by atomic mass is 28.3. The summed E-state index contributed by atoms with van der Waals surface area (Å²) in [5, 5.41) is 0. The number of hydrogen-bond donors (Lipinski definition) is 0. The first kappa shape index (κ1) is 12.3. The summed E-state index contributed by atoms with van der Waals surface area (Å²) in [6.45, 7) is 7.32. The predicted octanol–water partition coefficient (Wildman–Crippen LogP) is 5.08. The van der Waals surface area contributed by atoms with Gasteiger partial charge in [-0.15, -0.1) is 0 Å². The van der Waals surface area contributed by atoms with Gasteiger partial charge in [0.15, 0.2) is 0 Å². The van der Waals surface area contributed by atoms with Crippen molar-refractivity contribution >= 4 is 8.07 Å². The summed E-state index contributed by atoms with van der Waals surface area (Å²) in [6.07, 6.45) is 7.69. The molecule has 1 heteroatoms. The zero-order chi connectivity index (χ0) is 10.4. The van der Waals surface area contributed by atoms with Crippen molar-refractivity contribution in [3.63, 3.8) is 0 Å². The monoisotopic (exact) mass is 212 g/mol. The maximum Gasteiger partial charge on any atom is 0.0527 e. The van der Waals surface area contributed by atoms with E-state index in [0.29, 0.717) is 0 Å². The molecule has 0 bridgehead atoms. The maximum atomic E-state index is 2.44. The second kappa shape index (κ2) is 5.94. The summed E-state index contributed by atoms with van der Waals surface area (Å²) < 4.78 is 0. The first-order valence-electron chi connectivity index (χ1n) is 6.76. The van der Waals surface area contributed by atoms with Gasteiger partial charge in [0, 0.05) is 0 Å². The first-order valence-corrected chi connectivity index (χ1v) is 9.59. The molecule has 1 aliphatic rings. The van der Waals surface area contributed by atoms with Crippen molar-refractivity contribution in [1.29, 1.82) is 0 Å². The van der Waals surface area contributed by atoms with Gasteiger partial charge in [-0.25, -0.2) is 0 Å². The average Bonchev–Trinajstić information content (AvgIpc) is 2.74. The van der Waals surface area contributed by atoms with E-state index in [1.165, 1.54) is 31.0 Å². The van der Waals surface area contributed by atoms with E-state index in [1.807, 2.05) is 0 Å². The second-order valence-electron chi connectivity index (χ2n) is 5.25. The van der Waals surface area contributed by atoms with Crippen molar-refractivity contribution < 1.29 is 0 Å². The topological polar surface area (TPSA) is 0 Å². The SMILES string of the molecule is CC[Si](CC)(CC)CCC1CCCC1. The van der Waals surface area contributed by atoms with E-state index >= 15 is 0 Å². The van der Waals surface area contributed by atoms with E-state index in [2.05, 4.69) is 20.8 Å². The average molecular weight is 212 g/mol. The van der Waals surface area contributed by atoms with E-state index in [1.54, 1.807) is 25.3 Å². The summed E-state index contributed by atoms with van der Waals surface area (Å²) in [7, 11) is -0.785. The molecule has 0 atom stereocenters. The molecular formula is C13H28Si. The highest BCUT2D eigenvalue weighted by Crippen LogP contribution is 2.34. The molecule has 0 saturated heterocycles. The van der Waals surface area contributed by atoms with Gasteiger partial charge in [-0.3, -0.25) is 0 Å². The molecule has 0 N–H and O–H groups in total. The van der Waals surface area contributed by atoms with Crippen LogP contribution in [0, 0.1) is 5.92 Å². The lowest BCUT2D eigenvalue weighted by molar-refractivity contribution is 0.525. The highest BCUT2D eigenvalue weighted by Gasteiger charge is 2.27. The van der Waals surface area contributed by atoms with E-state index in [9.17, 15) is 0 Å². The maximum absolute atomic E-state index is 2.44. The van der Waals surface area contributed by atoms with Gasteiger partial charge in [-0.05, 0) is 5.92 Å². The third-order valence-electron chi connectivity index (χ3n) is 4.81. The lowest BCUT2D eigenvalue weighted by Crippen LogP contribution is -2.31. The van der Waals surface area contributed by atoms with Crippen molar-refractivity contribution in [1.82, 2.24) is 0 Å². The summed E-state index contributed by atoms with van der Waals surface area (Å²) in [5.41, 5.74) is 0. The molecule has 0 unspecified atom stereocenters. The van der Waals surface area contributed by atoms with E-state index in [-0.39, 0.29) is 0 Å². The summed E-state index contributed by atoms with van der Waals surface area (Å²) in [5.74, 6) is 1.12. The molecule has 1 rings (SSSR count). The Balaban J connectivity index is 2.31. The van der Waals surface area contributed by atoms with Gasteiger partial charge in [0.2, 0.25) is 0 Å². The molecule has 1 fully saturated rings. The second-order valence-corrected chi connectivity index (χ2v) is 10.9. The van der Waals surface area contributed by atoms with Crippen molar-refractivity contribution in [3.05, 3.63) is 0 Å². The van der Waals surface area contributed by atoms with Crippen molar-refractivity contribution in [3.8, 4) is 0 Å². The van der Waals surface area contributed by atoms with Crippen molar-refractivity contribution in [2.24, 2.45) is 5.92 Å². The number of rotatable bonds is 6. The summed E-state index contributed by atoms with van der Waals surface area (Å²) in [4.78, 5) is 0. The summed E-state index contributed by atoms with van der Waals surface area (Å²) in [6, 6.07) is 6.19. The Labute approximate surface area is 91.5 Å². The largest absolute Gasteiger partial charge is 0.0678 e. The molecule has 0 aromatic carbocycles. The van der Waals surface area contributed by atoms with E-state index in [4.69, 9.17) is 0 Å². The molecule has 1 aliphatic carbocycles. The van der Waals surface area contributed by atoms with Crippen LogP contribution in [0.5, 0.6) is 0 Å². The fraction of sp³-hybridized carbons (Fsp3) is 1.00. The molecule has 0 nitrogen and oxygen atoms in total. The van der Waals surface area contributed by atoms with Gasteiger partial charge < -0.3 is 0 Å². The van der Waals surface area contributed by atoms with Gasteiger partial charge >= 0.3 is 0 Å². The van der Waals surface area contributed by atoms with E-state index < -0.39 is 8.07 Å². The Morgan fingerprint density at radius 1 is 0.929 bits per heavy atom. The predicted molar refractivity (Wildman–Crippen MR) is 68.6 cm³/mol. The van der Waals surface area contributed by atoms with Gasteiger partial charge in [0.25, 0.3) is 0 Å². The Morgan fingerprint density at radius 2 is 1.43 bits per heavy atom. The third-order valence-corrected chi connectivity index (χ3v) is 10.7. The van der Waals surface area contributed by atoms with Crippen LogP contribution in [0.15, 0.2) is 0 Å². The molecule has 0 amide bonds. The molecule has 0 spiro atoms. The van der Waals surface area contributed by atoms with Gasteiger partial charge in [0.1, 0.15) is 0 Å². The molecule has 0 heterocycles. The molecule has 1 saturated carbocycles. The minimum Gasteiger partial charge on any atom is -0.0678 e. The standard InChI is InChI=1S/C13H28Si/c1-4-14(5-2,6-3)12-11-13-9-7-8-10-13/h13H,4-12H2,1-3H3. The van der Waals surface area contributed by atoms with Crippen molar-refractivity contribution in [2.45, 2.75) is 77.1 Å². The van der Waals surface area contributed by atoms with Crippen LogP contribution in [0.25, 0.3) is 0 Å². The van der Waals surface area contributed by atoms with Gasteiger partial charge in [-0.1, -0.05) is 77.1 Å². The van der Waals surface area contributed by atoms with Crippen LogP contribution in [0.4, 0.5) is 0 Å². The Kier molecular flexibility index (Phi) is 5.22. The molecule has 84 valence electrons. The first-order chi connectivity index (χ1) is 6.76. The lowest BCUT2D eigenvalue weighted by atomic mass is 10.1. The normalized spacial score (nSPS) is 19.1. The molecule has 0 aromatic rings. The fourth-order valence-electron chi connectivity index (χ4n) is 3.09. The van der Waals surface area contributed by atoms with Crippen molar-refractivity contribution in [2.75, 3.05) is 0 Å². The molecule has 0 aromatic heterocycles. The zero-order valence-electron chi connectivity index (χ0n) is 10.4. The Hall–Kier alpha value is 0.217. The molecule has 14 heavy (non-hydrogen) atoms. The number of hydrogen-bond acceptors (Lipinski definition) is 0. The van der Waals surface area contributed by atoms with Crippen LogP contribution in [-0.2, 0) is 0 Å². The Bertz CT molecular complexity index is 135. The van der Waals surface area contributed by atoms with Crippen LogP contribution in [0.3, 0.4) is 0 Å². The van der Waals surface area contributed by atoms with Crippen LogP contribution in [0.1, 0.15) is 52.9 Å². The minimum absolute atomic E-state index is 0.785. The molecular weight excluding hydrogens is 184 g/mol. The van der Waals surface area contributed by atoms with Crippen LogP contribution < -0.4 is 0 Å².